The van der Waals surface area contributed by atoms with Crippen LogP contribution in [0, 0.1) is 11.8 Å². The molecule has 1 fully saturated rings. The summed E-state index contributed by atoms with van der Waals surface area (Å²) >= 11 is 0. The van der Waals surface area contributed by atoms with Crippen LogP contribution in [0.3, 0.4) is 0 Å². The van der Waals surface area contributed by atoms with E-state index >= 15 is 0 Å². The standard InChI is InChI=1S/C17H26N4O2/c1-12(2)16-19-15(23-20-16)8-5-9-18-17(22)21-10-13-6-3-4-7-14(13)11-21/h3-4,12-14H,5-11H2,1-2H3,(H,18,22). The van der Waals surface area contributed by atoms with Crippen molar-refractivity contribution >= 4 is 6.03 Å². The van der Waals surface area contributed by atoms with E-state index in [4.69, 9.17) is 4.52 Å². The summed E-state index contributed by atoms with van der Waals surface area (Å²) in [5.74, 6) is 2.98. The van der Waals surface area contributed by atoms with Gasteiger partial charge in [0.15, 0.2) is 5.82 Å². The third-order valence-electron chi connectivity index (χ3n) is 4.75. The van der Waals surface area contributed by atoms with E-state index < -0.39 is 0 Å². The summed E-state index contributed by atoms with van der Waals surface area (Å²) < 4.78 is 5.21. The average Bonchev–Trinajstić information content (AvgIpc) is 3.17. The van der Waals surface area contributed by atoms with Crippen LogP contribution in [0.4, 0.5) is 4.79 Å². The minimum atomic E-state index is 0.0628. The maximum absolute atomic E-state index is 12.2. The van der Waals surface area contributed by atoms with Gasteiger partial charge < -0.3 is 14.7 Å². The van der Waals surface area contributed by atoms with Crippen LogP contribution < -0.4 is 5.32 Å². The van der Waals surface area contributed by atoms with Crippen molar-refractivity contribution in [2.45, 2.75) is 45.4 Å². The lowest BCUT2D eigenvalue weighted by atomic mass is 9.86. The zero-order valence-corrected chi connectivity index (χ0v) is 14.0. The molecule has 126 valence electrons. The maximum atomic E-state index is 12.2. The number of nitrogens with zero attached hydrogens (tertiary/aromatic N) is 3. The first-order chi connectivity index (χ1) is 11.1. The van der Waals surface area contributed by atoms with Crippen molar-refractivity contribution in [1.29, 1.82) is 0 Å². The third-order valence-corrected chi connectivity index (χ3v) is 4.75. The molecule has 0 bridgehead atoms. The van der Waals surface area contributed by atoms with Crippen LogP contribution in [-0.2, 0) is 6.42 Å². The van der Waals surface area contributed by atoms with E-state index in [9.17, 15) is 4.79 Å². The normalized spacial score (nSPS) is 23.3. The molecule has 2 aliphatic rings. The third kappa shape index (κ3) is 3.92. The van der Waals surface area contributed by atoms with Crippen molar-refractivity contribution in [3.8, 4) is 0 Å². The monoisotopic (exact) mass is 318 g/mol. The Bertz CT molecular complexity index is 551. The van der Waals surface area contributed by atoms with E-state index in [2.05, 4.69) is 27.6 Å². The van der Waals surface area contributed by atoms with Crippen molar-refractivity contribution in [3.63, 3.8) is 0 Å². The highest BCUT2D eigenvalue weighted by atomic mass is 16.5. The molecule has 0 spiro atoms. The first kappa shape index (κ1) is 16.0. The highest BCUT2D eigenvalue weighted by molar-refractivity contribution is 5.74. The van der Waals surface area contributed by atoms with Gasteiger partial charge in [0.25, 0.3) is 0 Å². The Morgan fingerprint density at radius 2 is 2.04 bits per heavy atom. The molecule has 2 amide bonds. The number of nitrogens with one attached hydrogen (secondary N) is 1. The Morgan fingerprint density at radius 3 is 2.65 bits per heavy atom. The number of amides is 2. The molecular weight excluding hydrogens is 292 g/mol. The molecule has 0 saturated carbocycles. The SMILES string of the molecule is CC(C)c1noc(CCCNC(=O)N2CC3CC=CCC3C2)n1. The summed E-state index contributed by atoms with van der Waals surface area (Å²) in [4.78, 5) is 18.5. The van der Waals surface area contributed by atoms with Gasteiger partial charge in [0.05, 0.1) is 0 Å². The molecule has 0 aromatic carbocycles. The number of hydrogen-bond acceptors (Lipinski definition) is 4. The Hall–Kier alpha value is -1.85. The molecule has 1 N–H and O–H groups in total. The van der Waals surface area contributed by atoms with Crippen LogP contribution >= 0.6 is 0 Å². The van der Waals surface area contributed by atoms with Gasteiger partial charge in [0.1, 0.15) is 0 Å². The van der Waals surface area contributed by atoms with Crippen molar-refractivity contribution in [2.75, 3.05) is 19.6 Å². The average molecular weight is 318 g/mol. The van der Waals surface area contributed by atoms with Gasteiger partial charge in [0, 0.05) is 32.0 Å². The molecule has 1 aromatic heterocycles. The molecule has 2 atom stereocenters. The minimum absolute atomic E-state index is 0.0628. The minimum Gasteiger partial charge on any atom is -0.339 e. The summed E-state index contributed by atoms with van der Waals surface area (Å²) in [6.45, 7) is 6.50. The number of carbonyl (C=O) groups excluding carboxylic acids is 1. The van der Waals surface area contributed by atoms with E-state index in [0.29, 0.717) is 30.7 Å². The summed E-state index contributed by atoms with van der Waals surface area (Å²) in [6, 6.07) is 0.0628. The lowest BCUT2D eigenvalue weighted by Gasteiger charge is -2.17. The second kappa shape index (κ2) is 7.15. The lowest BCUT2D eigenvalue weighted by molar-refractivity contribution is 0.206. The van der Waals surface area contributed by atoms with Gasteiger partial charge in [-0.2, -0.15) is 4.98 Å². The van der Waals surface area contributed by atoms with E-state index in [1.165, 1.54) is 0 Å². The van der Waals surface area contributed by atoms with Gasteiger partial charge in [-0.1, -0.05) is 31.2 Å². The fourth-order valence-electron chi connectivity index (χ4n) is 3.33. The number of likely N-dealkylation sites (tertiary alicyclic amines) is 1. The van der Waals surface area contributed by atoms with Gasteiger partial charge >= 0.3 is 6.03 Å². The summed E-state index contributed by atoms with van der Waals surface area (Å²) in [6.07, 6.45) is 8.24. The first-order valence-electron chi connectivity index (χ1n) is 8.63. The van der Waals surface area contributed by atoms with Crippen molar-refractivity contribution in [1.82, 2.24) is 20.4 Å². The molecule has 0 radical (unpaired) electrons. The second-order valence-electron chi connectivity index (χ2n) is 6.90. The van der Waals surface area contributed by atoms with Gasteiger partial charge in [-0.25, -0.2) is 4.79 Å². The van der Waals surface area contributed by atoms with E-state index in [1.807, 2.05) is 18.7 Å². The fraction of sp³-hybridized carbons (Fsp3) is 0.706. The zero-order chi connectivity index (χ0) is 16.2. The first-order valence-corrected chi connectivity index (χ1v) is 8.63. The van der Waals surface area contributed by atoms with Crippen LogP contribution in [0.1, 0.15) is 50.7 Å². The number of urea groups is 1. The number of allylic oxidation sites excluding steroid dienone is 2. The number of rotatable bonds is 5. The highest BCUT2D eigenvalue weighted by Gasteiger charge is 2.34. The Labute approximate surface area is 137 Å². The number of aryl methyl sites for hydroxylation is 1. The smallest absolute Gasteiger partial charge is 0.317 e. The predicted molar refractivity (Wildman–Crippen MR) is 87.0 cm³/mol. The van der Waals surface area contributed by atoms with Crippen LogP contribution in [0.5, 0.6) is 0 Å². The number of carbonyl (C=O) groups is 1. The molecule has 1 aliphatic carbocycles. The Balaban J connectivity index is 1.36. The summed E-state index contributed by atoms with van der Waals surface area (Å²) in [5, 5.41) is 6.96. The molecule has 1 aliphatic heterocycles. The molecule has 3 rings (SSSR count). The van der Waals surface area contributed by atoms with Crippen molar-refractivity contribution in [2.24, 2.45) is 11.8 Å². The highest BCUT2D eigenvalue weighted by Crippen LogP contribution is 2.32. The van der Waals surface area contributed by atoms with Crippen LogP contribution in [-0.4, -0.2) is 40.7 Å². The lowest BCUT2D eigenvalue weighted by Crippen LogP contribution is -2.39. The van der Waals surface area contributed by atoms with Crippen LogP contribution in [0.25, 0.3) is 0 Å². The van der Waals surface area contributed by atoms with E-state index in [1.54, 1.807) is 0 Å². The molecule has 6 nitrogen and oxygen atoms in total. The topological polar surface area (TPSA) is 71.3 Å². The number of fused-ring (bicyclic) bond motifs is 1. The van der Waals surface area contributed by atoms with Gasteiger partial charge in [-0.05, 0) is 31.1 Å². The molecule has 6 heteroatoms. The quantitative estimate of drug-likeness (QED) is 0.669. The Kier molecular flexibility index (Phi) is 4.98. The van der Waals surface area contributed by atoms with Gasteiger partial charge in [-0.3, -0.25) is 0 Å². The molecular formula is C17H26N4O2. The van der Waals surface area contributed by atoms with Gasteiger partial charge in [0.2, 0.25) is 5.89 Å². The van der Waals surface area contributed by atoms with E-state index in [-0.39, 0.29) is 11.9 Å². The van der Waals surface area contributed by atoms with E-state index in [0.717, 1.165) is 38.2 Å². The molecule has 23 heavy (non-hydrogen) atoms. The number of aromatic nitrogens is 2. The summed E-state index contributed by atoms with van der Waals surface area (Å²) in [5.41, 5.74) is 0. The summed E-state index contributed by atoms with van der Waals surface area (Å²) in [7, 11) is 0. The molecule has 1 aromatic rings. The zero-order valence-electron chi connectivity index (χ0n) is 14.0. The second-order valence-corrected chi connectivity index (χ2v) is 6.90. The largest absolute Gasteiger partial charge is 0.339 e. The maximum Gasteiger partial charge on any atom is 0.317 e. The number of hydrogen-bond donors (Lipinski definition) is 1. The van der Waals surface area contributed by atoms with Crippen molar-refractivity contribution in [3.05, 3.63) is 23.9 Å². The van der Waals surface area contributed by atoms with Crippen LogP contribution in [0.2, 0.25) is 0 Å². The Morgan fingerprint density at radius 1 is 1.35 bits per heavy atom. The molecule has 2 unspecified atom stereocenters. The molecule has 1 saturated heterocycles. The molecule has 2 heterocycles. The van der Waals surface area contributed by atoms with Gasteiger partial charge in [-0.15, -0.1) is 0 Å². The van der Waals surface area contributed by atoms with Crippen LogP contribution in [0.15, 0.2) is 16.7 Å². The fourth-order valence-corrected chi connectivity index (χ4v) is 3.33. The van der Waals surface area contributed by atoms with Crippen molar-refractivity contribution < 1.29 is 9.32 Å². The predicted octanol–water partition coefficient (Wildman–Crippen LogP) is 2.73.